The van der Waals surface area contributed by atoms with Crippen LogP contribution in [0.1, 0.15) is 5.48 Å². The molecular formula is C5H11N3O. The van der Waals surface area contributed by atoms with Crippen molar-refractivity contribution in [2.24, 2.45) is 5.29 Å². The van der Waals surface area contributed by atoms with Gasteiger partial charge in [0, 0.05) is 15.8 Å². The number of hydrogen-bond acceptors (Lipinski definition) is 3. The van der Waals surface area contributed by atoms with Gasteiger partial charge in [0.2, 0.25) is 0 Å². The molecule has 1 aliphatic rings. The zero-order valence-electron chi connectivity index (χ0n) is 9.16. The fourth-order valence-corrected chi connectivity index (χ4v) is 0.561. The summed E-state index contributed by atoms with van der Waals surface area (Å²) in [5.74, 6) is 0. The first-order valence-corrected chi connectivity index (χ1v) is 2.66. The lowest BCUT2D eigenvalue weighted by Crippen LogP contribution is -2.41. The predicted molar refractivity (Wildman–Crippen MR) is 34.9 cm³/mol. The maximum Gasteiger partial charge on any atom is 0.0526 e. The summed E-state index contributed by atoms with van der Waals surface area (Å²) < 4.78 is 29.7. The van der Waals surface area contributed by atoms with E-state index in [4.69, 9.17) is 5.48 Å². The van der Waals surface area contributed by atoms with Gasteiger partial charge in [0.05, 0.1) is 21.1 Å². The van der Waals surface area contributed by atoms with Crippen LogP contribution in [-0.4, -0.2) is 43.0 Å². The quantitative estimate of drug-likeness (QED) is 0.469. The van der Waals surface area contributed by atoms with Crippen LogP contribution in [0.15, 0.2) is 5.29 Å². The first kappa shape index (κ1) is 2.96. The highest BCUT2D eigenvalue weighted by atomic mass is 16.3. The molecule has 0 saturated carbocycles. The molecule has 52 valence electrons. The second-order valence-electron chi connectivity index (χ2n) is 1.85. The van der Waals surface area contributed by atoms with Crippen molar-refractivity contribution in [3.05, 3.63) is 4.91 Å². The molecule has 4 heteroatoms. The lowest BCUT2D eigenvalue weighted by Gasteiger charge is -2.27. The summed E-state index contributed by atoms with van der Waals surface area (Å²) in [4.78, 5) is 11.5. The van der Waals surface area contributed by atoms with Crippen LogP contribution < -0.4 is 0 Å². The van der Waals surface area contributed by atoms with Gasteiger partial charge in [-0.1, -0.05) is 0 Å². The Morgan fingerprint density at radius 3 is 3.00 bits per heavy atom. The third-order valence-electron chi connectivity index (χ3n) is 1.12. The Bertz CT molecular complexity index is 222. The summed E-state index contributed by atoms with van der Waals surface area (Å²) in [6.45, 7) is -4.19. The fourth-order valence-electron chi connectivity index (χ4n) is 0.561. The van der Waals surface area contributed by atoms with Crippen LogP contribution in [0.3, 0.4) is 0 Å². The Kier molecular flexibility index (Phi) is 0.914. The highest BCUT2D eigenvalue weighted by Crippen LogP contribution is 1.97. The van der Waals surface area contributed by atoms with Crippen LogP contribution >= 0.6 is 0 Å². The molecule has 0 aromatic heterocycles. The van der Waals surface area contributed by atoms with Crippen molar-refractivity contribution < 1.29 is 5.48 Å². The SMILES string of the molecule is [2H]C1([2H])N(C)CCN(N=O)C1([2H])[2H]. The normalized spacial score (nSPS) is 39.9. The molecular weight excluding hydrogens is 118 g/mol. The molecule has 9 heavy (non-hydrogen) atoms. The van der Waals surface area contributed by atoms with Crippen molar-refractivity contribution in [3.8, 4) is 0 Å². The van der Waals surface area contributed by atoms with Crippen LogP contribution in [0.25, 0.3) is 0 Å². The van der Waals surface area contributed by atoms with Crippen LogP contribution in [0.4, 0.5) is 0 Å². The zero-order chi connectivity index (χ0) is 10.3. The summed E-state index contributed by atoms with van der Waals surface area (Å²) in [5, 5.41) is 3.08. The van der Waals surface area contributed by atoms with Gasteiger partial charge in [-0.05, 0) is 7.05 Å². The smallest absolute Gasteiger partial charge is 0.0526 e. The van der Waals surface area contributed by atoms with Crippen molar-refractivity contribution in [2.75, 3.05) is 33.1 Å². The van der Waals surface area contributed by atoms with Crippen molar-refractivity contribution in [1.82, 2.24) is 9.91 Å². The summed E-state index contributed by atoms with van der Waals surface area (Å²) in [6.07, 6.45) is 0. The molecule has 1 rings (SSSR count). The minimum atomic E-state index is -2.37. The van der Waals surface area contributed by atoms with Crippen LogP contribution in [0.5, 0.6) is 0 Å². The summed E-state index contributed by atoms with van der Waals surface area (Å²) in [7, 11) is 1.47. The molecule has 1 saturated heterocycles. The average Bonchev–Trinajstić information content (AvgIpc) is 2.02. The van der Waals surface area contributed by atoms with E-state index in [9.17, 15) is 4.91 Å². The Morgan fingerprint density at radius 2 is 2.33 bits per heavy atom. The van der Waals surface area contributed by atoms with Gasteiger partial charge in [-0.2, -0.15) is 0 Å². The van der Waals surface area contributed by atoms with Crippen molar-refractivity contribution in [3.63, 3.8) is 0 Å². The van der Waals surface area contributed by atoms with E-state index in [0.717, 1.165) is 0 Å². The highest BCUT2D eigenvalue weighted by molar-refractivity contribution is 4.64. The molecule has 0 radical (unpaired) electrons. The molecule has 1 aliphatic heterocycles. The first-order valence-electron chi connectivity index (χ1n) is 4.66. The Morgan fingerprint density at radius 1 is 1.56 bits per heavy atom. The zero-order valence-corrected chi connectivity index (χ0v) is 5.16. The molecule has 4 nitrogen and oxygen atoms in total. The maximum absolute atomic E-state index is 10.2. The lowest BCUT2D eigenvalue weighted by molar-refractivity contribution is 0.157. The van der Waals surface area contributed by atoms with Gasteiger partial charge in [-0.15, -0.1) is 4.91 Å². The standard InChI is InChI=1S/C5H11N3O/c1-7-2-4-8(6-9)5-3-7/h2-5H2,1H3/i2D2,4D2. The Hall–Kier alpha value is -0.640. The summed E-state index contributed by atoms with van der Waals surface area (Å²) in [6, 6.07) is 0. The van der Waals surface area contributed by atoms with E-state index in [1.807, 2.05) is 0 Å². The van der Waals surface area contributed by atoms with Crippen LogP contribution in [0, 0.1) is 4.91 Å². The van der Waals surface area contributed by atoms with Crippen molar-refractivity contribution in [2.45, 2.75) is 0 Å². The second kappa shape index (κ2) is 2.77. The largest absolute Gasteiger partial charge is 0.303 e. The van der Waals surface area contributed by atoms with E-state index in [0.29, 0.717) is 5.01 Å². The summed E-state index contributed by atoms with van der Waals surface area (Å²) in [5.41, 5.74) is 0. The number of nitrogens with zero attached hydrogens (tertiary/aromatic N) is 3. The van der Waals surface area contributed by atoms with Gasteiger partial charge in [0.15, 0.2) is 0 Å². The minimum absolute atomic E-state index is 0.104. The number of hydrogen-bond donors (Lipinski definition) is 0. The Balaban J connectivity index is 2.98. The minimum Gasteiger partial charge on any atom is -0.303 e. The molecule has 0 amide bonds. The number of rotatable bonds is 1. The van der Waals surface area contributed by atoms with Gasteiger partial charge in [-0.25, -0.2) is 0 Å². The van der Waals surface area contributed by atoms with Gasteiger partial charge < -0.3 is 4.90 Å². The van der Waals surface area contributed by atoms with Crippen molar-refractivity contribution >= 4 is 0 Å². The molecule has 1 heterocycles. The molecule has 0 aromatic carbocycles. The molecule has 1 fully saturated rings. The van der Waals surface area contributed by atoms with Gasteiger partial charge >= 0.3 is 0 Å². The third-order valence-corrected chi connectivity index (χ3v) is 1.12. The maximum atomic E-state index is 10.2. The van der Waals surface area contributed by atoms with Gasteiger partial charge in [0.25, 0.3) is 0 Å². The molecule has 0 unspecified atom stereocenters. The van der Waals surface area contributed by atoms with E-state index < -0.39 is 13.0 Å². The molecule has 0 aromatic rings. The lowest BCUT2D eigenvalue weighted by atomic mass is 10.4. The number of piperazine rings is 1. The first-order chi connectivity index (χ1) is 5.84. The van der Waals surface area contributed by atoms with E-state index in [1.54, 1.807) is 0 Å². The number of likely N-dealkylation sites (N-methyl/N-ethyl adjacent to an activating group) is 1. The molecule has 0 aliphatic carbocycles. The van der Waals surface area contributed by atoms with Crippen LogP contribution in [-0.2, 0) is 0 Å². The van der Waals surface area contributed by atoms with E-state index >= 15 is 0 Å². The molecule has 0 atom stereocenters. The molecule has 0 spiro atoms. The monoisotopic (exact) mass is 133 g/mol. The predicted octanol–water partition coefficient (Wildman–Crippen LogP) is -0.0848. The summed E-state index contributed by atoms with van der Waals surface area (Å²) >= 11 is 0. The fraction of sp³-hybridized carbons (Fsp3) is 1.00. The van der Waals surface area contributed by atoms with Gasteiger partial charge in [-0.3, -0.25) is 5.01 Å². The highest BCUT2D eigenvalue weighted by Gasteiger charge is 2.11. The van der Waals surface area contributed by atoms with Crippen molar-refractivity contribution in [1.29, 1.82) is 0 Å². The topological polar surface area (TPSA) is 35.9 Å². The third kappa shape index (κ3) is 1.64. The van der Waals surface area contributed by atoms with Crippen LogP contribution in [0.2, 0.25) is 0 Å². The molecule has 0 bridgehead atoms. The second-order valence-corrected chi connectivity index (χ2v) is 1.85. The number of nitroso groups, excluding NO2 is 1. The average molecular weight is 133 g/mol. The Labute approximate surface area is 60.0 Å². The van der Waals surface area contributed by atoms with E-state index in [1.165, 1.54) is 11.9 Å². The van der Waals surface area contributed by atoms with E-state index in [2.05, 4.69) is 5.29 Å². The molecule has 0 N–H and O–H groups in total. The van der Waals surface area contributed by atoms with E-state index in [-0.39, 0.29) is 13.1 Å². The van der Waals surface area contributed by atoms with Gasteiger partial charge in [0.1, 0.15) is 0 Å².